The second kappa shape index (κ2) is 6.36. The molecular formula is C18H22N2O3. The highest BCUT2D eigenvalue weighted by atomic mass is 16.6. The Morgan fingerprint density at radius 1 is 1.22 bits per heavy atom. The molecule has 0 radical (unpaired) electrons. The molecule has 122 valence electrons. The molecule has 0 spiro atoms. The molecule has 5 nitrogen and oxygen atoms in total. The van der Waals surface area contributed by atoms with Gasteiger partial charge in [0, 0.05) is 23.5 Å². The van der Waals surface area contributed by atoms with Gasteiger partial charge in [-0.05, 0) is 37.6 Å². The second-order valence-electron chi connectivity index (χ2n) is 5.76. The first kappa shape index (κ1) is 15.5. The maximum Gasteiger partial charge on any atom is 0.250 e. The highest BCUT2D eigenvalue weighted by Crippen LogP contribution is 2.36. The molecule has 2 heterocycles. The van der Waals surface area contributed by atoms with Gasteiger partial charge in [-0.1, -0.05) is 13.3 Å². The fourth-order valence-corrected chi connectivity index (χ4v) is 2.94. The highest BCUT2D eigenvalue weighted by Gasteiger charge is 2.19. The topological polar surface area (TPSA) is 66.5 Å². The van der Waals surface area contributed by atoms with Gasteiger partial charge in [-0.3, -0.25) is 4.79 Å². The number of ether oxygens (including phenoxy) is 2. The molecule has 0 saturated carbocycles. The summed E-state index contributed by atoms with van der Waals surface area (Å²) in [5, 5.41) is 0. The van der Waals surface area contributed by atoms with Gasteiger partial charge in [0.2, 0.25) is 0 Å². The molecule has 23 heavy (non-hydrogen) atoms. The summed E-state index contributed by atoms with van der Waals surface area (Å²) in [6, 6.07) is 7.75. The Morgan fingerprint density at radius 2 is 1.96 bits per heavy atom. The summed E-state index contributed by atoms with van der Waals surface area (Å²) in [5.41, 5.74) is 8.99. The van der Waals surface area contributed by atoms with Crippen LogP contribution in [0.5, 0.6) is 11.5 Å². The van der Waals surface area contributed by atoms with E-state index in [1.807, 2.05) is 31.2 Å². The predicted molar refractivity (Wildman–Crippen MR) is 89.0 cm³/mol. The summed E-state index contributed by atoms with van der Waals surface area (Å²) in [5.74, 6) is 1.12. The number of primary amides is 1. The highest BCUT2D eigenvalue weighted by molar-refractivity contribution is 5.95. The van der Waals surface area contributed by atoms with Crippen molar-refractivity contribution >= 4 is 5.91 Å². The Labute approximate surface area is 136 Å². The lowest BCUT2D eigenvalue weighted by Gasteiger charge is -2.19. The van der Waals surface area contributed by atoms with Gasteiger partial charge in [0.25, 0.3) is 5.91 Å². The van der Waals surface area contributed by atoms with Gasteiger partial charge >= 0.3 is 0 Å². The van der Waals surface area contributed by atoms with E-state index >= 15 is 0 Å². The minimum absolute atomic E-state index is 0.392. The van der Waals surface area contributed by atoms with Gasteiger partial charge in [-0.2, -0.15) is 0 Å². The Hall–Kier alpha value is -2.43. The van der Waals surface area contributed by atoms with Crippen molar-refractivity contribution in [2.24, 2.45) is 5.73 Å². The lowest BCUT2D eigenvalue weighted by molar-refractivity contribution is 0.0999. The van der Waals surface area contributed by atoms with Gasteiger partial charge in [-0.25, -0.2) is 0 Å². The zero-order valence-corrected chi connectivity index (χ0v) is 13.6. The molecule has 1 aromatic carbocycles. The van der Waals surface area contributed by atoms with Crippen LogP contribution in [0.1, 0.15) is 35.8 Å². The number of rotatable bonds is 5. The second-order valence-corrected chi connectivity index (χ2v) is 5.76. The molecule has 3 rings (SSSR count). The van der Waals surface area contributed by atoms with Crippen molar-refractivity contribution in [3.8, 4) is 22.8 Å². The zero-order chi connectivity index (χ0) is 16.4. The maximum absolute atomic E-state index is 11.7. The van der Waals surface area contributed by atoms with Crippen LogP contribution in [-0.2, 0) is 6.54 Å². The number of nitrogens with two attached hydrogens (primary N) is 1. The summed E-state index contributed by atoms with van der Waals surface area (Å²) in [7, 11) is 0. The van der Waals surface area contributed by atoms with Crippen molar-refractivity contribution in [2.45, 2.75) is 33.2 Å². The number of carbonyl (C=O) groups is 1. The van der Waals surface area contributed by atoms with E-state index in [1.165, 1.54) is 0 Å². The molecule has 1 aliphatic rings. The number of benzene rings is 1. The minimum Gasteiger partial charge on any atom is -0.486 e. The normalized spacial score (nSPS) is 13.1. The third kappa shape index (κ3) is 2.91. The molecule has 1 aliphatic heterocycles. The first-order valence-electron chi connectivity index (χ1n) is 8.01. The lowest BCUT2D eigenvalue weighted by Crippen LogP contribution is -2.15. The molecule has 1 amide bonds. The third-order valence-electron chi connectivity index (χ3n) is 4.21. The van der Waals surface area contributed by atoms with E-state index in [0.717, 1.165) is 47.8 Å². The molecule has 0 bridgehead atoms. The Bertz CT molecular complexity index is 734. The van der Waals surface area contributed by atoms with Crippen LogP contribution in [0.15, 0.2) is 24.3 Å². The number of amides is 1. The van der Waals surface area contributed by atoms with Crippen LogP contribution < -0.4 is 15.2 Å². The lowest BCUT2D eigenvalue weighted by atomic mass is 10.1. The minimum atomic E-state index is -0.392. The Kier molecular flexibility index (Phi) is 4.28. The van der Waals surface area contributed by atoms with E-state index in [9.17, 15) is 4.79 Å². The van der Waals surface area contributed by atoms with E-state index in [0.29, 0.717) is 18.8 Å². The molecule has 0 fully saturated rings. The van der Waals surface area contributed by atoms with Crippen molar-refractivity contribution in [2.75, 3.05) is 13.2 Å². The maximum atomic E-state index is 11.7. The monoisotopic (exact) mass is 314 g/mol. The quantitative estimate of drug-likeness (QED) is 0.922. The molecule has 2 N–H and O–H groups in total. The first-order valence-corrected chi connectivity index (χ1v) is 8.01. The summed E-state index contributed by atoms with van der Waals surface area (Å²) < 4.78 is 13.4. The van der Waals surface area contributed by atoms with Crippen LogP contribution in [0, 0.1) is 6.92 Å². The largest absolute Gasteiger partial charge is 0.486 e. The molecule has 2 aromatic rings. The standard InChI is InChI=1S/C18H22N2O3/c1-3-4-7-20-12(2)14(18(19)21)11-15(20)13-5-6-16-17(10-13)23-9-8-22-16/h5-6,10-11H,3-4,7-9H2,1-2H3,(H2,19,21). The number of aromatic nitrogens is 1. The first-order chi connectivity index (χ1) is 11.1. The van der Waals surface area contributed by atoms with E-state index in [-0.39, 0.29) is 0 Å². The molecule has 0 saturated heterocycles. The van der Waals surface area contributed by atoms with Crippen molar-refractivity contribution in [3.05, 3.63) is 35.5 Å². The fraction of sp³-hybridized carbons (Fsp3) is 0.389. The SMILES string of the molecule is CCCCn1c(-c2ccc3c(c2)OCCO3)cc(C(N)=O)c1C. The number of hydrogen-bond donors (Lipinski definition) is 1. The van der Waals surface area contributed by atoms with Crippen LogP contribution in [0.2, 0.25) is 0 Å². The number of fused-ring (bicyclic) bond motifs is 1. The van der Waals surface area contributed by atoms with Crippen molar-refractivity contribution in [3.63, 3.8) is 0 Å². The smallest absolute Gasteiger partial charge is 0.250 e. The number of hydrogen-bond acceptors (Lipinski definition) is 3. The van der Waals surface area contributed by atoms with Crippen LogP contribution >= 0.6 is 0 Å². The summed E-state index contributed by atoms with van der Waals surface area (Å²) >= 11 is 0. The molecule has 0 atom stereocenters. The van der Waals surface area contributed by atoms with E-state index in [1.54, 1.807) is 0 Å². The fourth-order valence-electron chi connectivity index (χ4n) is 2.94. The van der Waals surface area contributed by atoms with Gasteiger partial charge in [0.1, 0.15) is 13.2 Å². The van der Waals surface area contributed by atoms with Crippen molar-refractivity contribution in [1.82, 2.24) is 4.57 Å². The van der Waals surface area contributed by atoms with Crippen LogP contribution in [0.25, 0.3) is 11.3 Å². The molecule has 0 aliphatic carbocycles. The predicted octanol–water partition coefficient (Wildman–Crippen LogP) is 3.13. The summed E-state index contributed by atoms with van der Waals surface area (Å²) in [4.78, 5) is 11.7. The van der Waals surface area contributed by atoms with E-state index in [2.05, 4.69) is 11.5 Å². The molecule has 0 unspecified atom stereocenters. The van der Waals surface area contributed by atoms with Crippen LogP contribution in [-0.4, -0.2) is 23.7 Å². The molecular weight excluding hydrogens is 292 g/mol. The van der Waals surface area contributed by atoms with Crippen LogP contribution in [0.3, 0.4) is 0 Å². The number of unbranched alkanes of at least 4 members (excludes halogenated alkanes) is 1. The van der Waals surface area contributed by atoms with Crippen molar-refractivity contribution < 1.29 is 14.3 Å². The van der Waals surface area contributed by atoms with Crippen molar-refractivity contribution in [1.29, 1.82) is 0 Å². The molecule has 5 heteroatoms. The van der Waals surface area contributed by atoms with Gasteiger partial charge in [0.15, 0.2) is 11.5 Å². The van der Waals surface area contributed by atoms with E-state index in [4.69, 9.17) is 15.2 Å². The summed E-state index contributed by atoms with van der Waals surface area (Å²) in [6.07, 6.45) is 2.13. The summed E-state index contributed by atoms with van der Waals surface area (Å²) in [6.45, 7) is 6.08. The average Bonchev–Trinajstić information content (AvgIpc) is 2.89. The average molecular weight is 314 g/mol. The Morgan fingerprint density at radius 3 is 2.65 bits per heavy atom. The number of nitrogens with zero attached hydrogens (tertiary/aromatic N) is 1. The van der Waals surface area contributed by atoms with E-state index < -0.39 is 5.91 Å². The van der Waals surface area contributed by atoms with Gasteiger partial charge in [0.05, 0.1) is 5.56 Å². The number of carbonyl (C=O) groups excluding carboxylic acids is 1. The van der Waals surface area contributed by atoms with Gasteiger partial charge < -0.3 is 19.8 Å². The molecule has 1 aromatic heterocycles. The zero-order valence-electron chi connectivity index (χ0n) is 13.6. The van der Waals surface area contributed by atoms with Crippen LogP contribution in [0.4, 0.5) is 0 Å². The third-order valence-corrected chi connectivity index (χ3v) is 4.21. The van der Waals surface area contributed by atoms with Gasteiger partial charge in [-0.15, -0.1) is 0 Å². The Balaban J connectivity index is 2.07.